The molecule has 0 aliphatic carbocycles. The Bertz CT molecular complexity index is 1030. The van der Waals surface area contributed by atoms with Crippen LogP contribution in [-0.4, -0.2) is 61.1 Å². The first-order valence-corrected chi connectivity index (χ1v) is 11.3. The fourth-order valence-corrected chi connectivity index (χ4v) is 4.82. The molecule has 0 radical (unpaired) electrons. The van der Waals surface area contributed by atoms with Gasteiger partial charge in [0.2, 0.25) is 0 Å². The summed E-state index contributed by atoms with van der Waals surface area (Å²) in [7, 11) is 0. The standard InChI is InChI=1S/C26H30N4O/c1-20(24-13-7-9-21-8-5-6-12-25(21)24)27-26(31)30-18-23(19-30)29-16-14-28(15-17-29)22-10-3-2-4-11-22/h2-13,20,23H,14-19H2,1H3,(H,27,31). The number of hydrogen-bond donors (Lipinski definition) is 1. The monoisotopic (exact) mass is 414 g/mol. The molecule has 3 aromatic rings. The molecule has 5 nitrogen and oxygen atoms in total. The van der Waals surface area contributed by atoms with Gasteiger partial charge in [-0.3, -0.25) is 4.90 Å². The van der Waals surface area contributed by atoms with Gasteiger partial charge in [0.15, 0.2) is 0 Å². The molecule has 2 saturated heterocycles. The van der Waals surface area contributed by atoms with E-state index in [-0.39, 0.29) is 12.1 Å². The van der Waals surface area contributed by atoms with E-state index in [1.54, 1.807) is 0 Å². The number of carbonyl (C=O) groups is 1. The van der Waals surface area contributed by atoms with E-state index < -0.39 is 0 Å². The van der Waals surface area contributed by atoms with Crippen molar-refractivity contribution in [1.29, 1.82) is 0 Å². The van der Waals surface area contributed by atoms with Gasteiger partial charge in [0, 0.05) is 51.0 Å². The number of likely N-dealkylation sites (tertiary alicyclic amines) is 1. The lowest BCUT2D eigenvalue weighted by molar-refractivity contribution is 0.0524. The van der Waals surface area contributed by atoms with Gasteiger partial charge in [-0.2, -0.15) is 0 Å². The lowest BCUT2D eigenvalue weighted by Crippen LogP contribution is -2.65. The van der Waals surface area contributed by atoms with Crippen molar-refractivity contribution in [1.82, 2.24) is 15.1 Å². The molecule has 1 atom stereocenters. The Morgan fingerprint density at radius 3 is 2.32 bits per heavy atom. The summed E-state index contributed by atoms with van der Waals surface area (Å²) < 4.78 is 0. The summed E-state index contributed by atoms with van der Waals surface area (Å²) >= 11 is 0. The molecule has 2 fully saturated rings. The molecule has 2 amide bonds. The van der Waals surface area contributed by atoms with Crippen molar-refractivity contribution in [2.75, 3.05) is 44.2 Å². The summed E-state index contributed by atoms with van der Waals surface area (Å²) in [6.07, 6.45) is 0. The molecule has 5 heteroatoms. The van der Waals surface area contributed by atoms with Crippen molar-refractivity contribution >= 4 is 22.5 Å². The summed E-state index contributed by atoms with van der Waals surface area (Å²) in [5, 5.41) is 5.61. The second-order valence-electron chi connectivity index (χ2n) is 8.66. The Balaban J connectivity index is 1.12. The Kier molecular flexibility index (Phi) is 5.51. The van der Waals surface area contributed by atoms with Crippen LogP contribution >= 0.6 is 0 Å². The van der Waals surface area contributed by atoms with Crippen LogP contribution in [0.2, 0.25) is 0 Å². The lowest BCUT2D eigenvalue weighted by Gasteiger charge is -2.48. The fraction of sp³-hybridized carbons (Fsp3) is 0.346. The smallest absolute Gasteiger partial charge is 0.317 e. The molecule has 2 aliphatic rings. The molecule has 5 rings (SSSR count). The number of carbonyl (C=O) groups excluding carboxylic acids is 1. The molecule has 1 unspecified atom stereocenters. The van der Waals surface area contributed by atoms with Crippen LogP contribution in [0, 0.1) is 0 Å². The van der Waals surface area contributed by atoms with Crippen LogP contribution in [0.3, 0.4) is 0 Å². The van der Waals surface area contributed by atoms with Crippen LogP contribution in [0.15, 0.2) is 72.8 Å². The quantitative estimate of drug-likeness (QED) is 0.698. The van der Waals surface area contributed by atoms with E-state index in [9.17, 15) is 4.79 Å². The zero-order valence-electron chi connectivity index (χ0n) is 18.1. The average molecular weight is 415 g/mol. The molecule has 31 heavy (non-hydrogen) atoms. The van der Waals surface area contributed by atoms with Crippen LogP contribution in [0.4, 0.5) is 10.5 Å². The van der Waals surface area contributed by atoms with E-state index in [0.29, 0.717) is 6.04 Å². The summed E-state index contributed by atoms with van der Waals surface area (Å²) in [4.78, 5) is 19.7. The van der Waals surface area contributed by atoms with Crippen LogP contribution in [0.25, 0.3) is 10.8 Å². The fourth-order valence-electron chi connectivity index (χ4n) is 4.82. The molecular formula is C26H30N4O. The number of benzene rings is 3. The highest BCUT2D eigenvalue weighted by atomic mass is 16.2. The minimum absolute atomic E-state index is 0.0212. The number of para-hydroxylation sites is 1. The summed E-state index contributed by atoms with van der Waals surface area (Å²) in [6.45, 7) is 7.91. The third-order valence-electron chi connectivity index (χ3n) is 6.73. The molecule has 1 N–H and O–H groups in total. The molecule has 3 aromatic carbocycles. The normalized spacial score (nSPS) is 18.6. The molecule has 0 aromatic heterocycles. The molecule has 2 aliphatic heterocycles. The van der Waals surface area contributed by atoms with Gasteiger partial charge in [0.1, 0.15) is 0 Å². The Labute approximate surface area is 184 Å². The molecule has 0 saturated carbocycles. The molecule has 160 valence electrons. The highest BCUT2D eigenvalue weighted by Gasteiger charge is 2.36. The molecule has 0 bridgehead atoms. The first-order valence-electron chi connectivity index (χ1n) is 11.3. The maximum Gasteiger partial charge on any atom is 0.317 e. The first-order chi connectivity index (χ1) is 15.2. The van der Waals surface area contributed by atoms with Gasteiger partial charge in [0.25, 0.3) is 0 Å². The van der Waals surface area contributed by atoms with Crippen LogP contribution in [-0.2, 0) is 0 Å². The zero-order chi connectivity index (χ0) is 21.2. The number of hydrogen-bond acceptors (Lipinski definition) is 3. The van der Waals surface area contributed by atoms with E-state index in [2.05, 4.69) is 94.8 Å². The van der Waals surface area contributed by atoms with Gasteiger partial charge in [-0.15, -0.1) is 0 Å². The van der Waals surface area contributed by atoms with Gasteiger partial charge in [0.05, 0.1) is 6.04 Å². The minimum atomic E-state index is -0.0212. The van der Waals surface area contributed by atoms with Gasteiger partial charge in [-0.25, -0.2) is 4.79 Å². The predicted octanol–water partition coefficient (Wildman–Crippen LogP) is 4.12. The Morgan fingerprint density at radius 1 is 0.871 bits per heavy atom. The van der Waals surface area contributed by atoms with Crippen molar-refractivity contribution in [3.63, 3.8) is 0 Å². The number of rotatable bonds is 4. The summed E-state index contributed by atoms with van der Waals surface area (Å²) in [6, 6.07) is 25.8. The van der Waals surface area contributed by atoms with E-state index >= 15 is 0 Å². The number of anilines is 1. The molecular weight excluding hydrogens is 384 g/mol. The van der Waals surface area contributed by atoms with E-state index in [1.807, 2.05) is 4.90 Å². The number of piperazine rings is 1. The largest absolute Gasteiger partial charge is 0.369 e. The zero-order valence-corrected chi connectivity index (χ0v) is 18.1. The van der Waals surface area contributed by atoms with Crippen molar-refractivity contribution in [2.45, 2.75) is 19.0 Å². The van der Waals surface area contributed by atoms with E-state index in [4.69, 9.17) is 0 Å². The second-order valence-corrected chi connectivity index (χ2v) is 8.66. The van der Waals surface area contributed by atoms with Gasteiger partial charge in [-0.1, -0.05) is 60.7 Å². The van der Waals surface area contributed by atoms with Crippen molar-refractivity contribution in [3.05, 3.63) is 78.4 Å². The Morgan fingerprint density at radius 2 is 1.55 bits per heavy atom. The van der Waals surface area contributed by atoms with Crippen LogP contribution in [0.5, 0.6) is 0 Å². The van der Waals surface area contributed by atoms with Crippen molar-refractivity contribution in [3.8, 4) is 0 Å². The first kappa shape index (κ1) is 19.9. The van der Waals surface area contributed by atoms with E-state index in [0.717, 1.165) is 39.3 Å². The number of nitrogens with one attached hydrogen (secondary N) is 1. The molecule has 0 spiro atoms. The second kappa shape index (κ2) is 8.60. The summed E-state index contributed by atoms with van der Waals surface area (Å²) in [5.41, 5.74) is 2.47. The lowest BCUT2D eigenvalue weighted by atomic mass is 9.99. The van der Waals surface area contributed by atoms with Crippen molar-refractivity contribution < 1.29 is 4.79 Å². The number of nitrogens with zero attached hydrogens (tertiary/aromatic N) is 3. The average Bonchev–Trinajstić information content (AvgIpc) is 2.78. The highest BCUT2D eigenvalue weighted by molar-refractivity contribution is 5.86. The molecule has 2 heterocycles. The predicted molar refractivity (Wildman–Crippen MR) is 126 cm³/mol. The van der Waals surface area contributed by atoms with Crippen LogP contribution < -0.4 is 10.2 Å². The minimum Gasteiger partial charge on any atom is -0.369 e. The number of fused-ring (bicyclic) bond motifs is 1. The summed E-state index contributed by atoms with van der Waals surface area (Å²) in [5.74, 6) is 0. The Hall–Kier alpha value is -3.05. The van der Waals surface area contributed by atoms with Gasteiger partial charge >= 0.3 is 6.03 Å². The number of amides is 2. The maximum atomic E-state index is 12.8. The highest BCUT2D eigenvalue weighted by Crippen LogP contribution is 2.25. The van der Waals surface area contributed by atoms with Gasteiger partial charge in [-0.05, 0) is 35.4 Å². The van der Waals surface area contributed by atoms with Gasteiger partial charge < -0.3 is 15.1 Å². The number of urea groups is 1. The maximum absolute atomic E-state index is 12.8. The van der Waals surface area contributed by atoms with Crippen LogP contribution in [0.1, 0.15) is 18.5 Å². The third-order valence-corrected chi connectivity index (χ3v) is 6.73. The topological polar surface area (TPSA) is 38.8 Å². The van der Waals surface area contributed by atoms with Crippen molar-refractivity contribution in [2.24, 2.45) is 0 Å². The van der Waals surface area contributed by atoms with E-state index in [1.165, 1.54) is 22.0 Å². The third kappa shape index (κ3) is 4.10. The SMILES string of the molecule is CC(NC(=O)N1CC(N2CCN(c3ccccc3)CC2)C1)c1cccc2ccccc12.